The summed E-state index contributed by atoms with van der Waals surface area (Å²) in [4.78, 5) is 24.6. The number of ether oxygens (including phenoxy) is 2. The molecule has 0 spiro atoms. The summed E-state index contributed by atoms with van der Waals surface area (Å²) in [7, 11) is 5.35. The van der Waals surface area contributed by atoms with Crippen molar-refractivity contribution in [1.29, 1.82) is 0 Å². The van der Waals surface area contributed by atoms with Crippen molar-refractivity contribution >= 4 is 27.5 Å². The molecule has 3 heterocycles. The van der Waals surface area contributed by atoms with E-state index in [9.17, 15) is 9.90 Å². The molecule has 1 aliphatic rings. The fourth-order valence-electron chi connectivity index (χ4n) is 5.19. The quantitative estimate of drug-likeness (QED) is 0.421. The lowest BCUT2D eigenvalue weighted by atomic mass is 9.86. The van der Waals surface area contributed by atoms with Crippen LogP contribution < -0.4 is 9.47 Å². The van der Waals surface area contributed by atoms with Crippen LogP contribution in [0.2, 0.25) is 0 Å². The van der Waals surface area contributed by atoms with Gasteiger partial charge in [0.15, 0.2) is 11.5 Å². The van der Waals surface area contributed by atoms with Crippen molar-refractivity contribution in [1.82, 2.24) is 14.8 Å². The molecule has 1 N–H and O–H groups in total. The Morgan fingerprint density at radius 3 is 2.51 bits per heavy atom. The van der Waals surface area contributed by atoms with Gasteiger partial charge in [-0.1, -0.05) is 26.8 Å². The first kappa shape index (κ1) is 25.4. The van der Waals surface area contributed by atoms with Gasteiger partial charge in [0.25, 0.3) is 0 Å². The third-order valence-electron chi connectivity index (χ3n) is 7.03. The van der Waals surface area contributed by atoms with Crippen molar-refractivity contribution in [2.45, 2.75) is 46.2 Å². The number of aromatic nitrogens is 1. The molecule has 0 saturated carbocycles. The summed E-state index contributed by atoms with van der Waals surface area (Å²) in [6.07, 6.45) is 0.984. The molecule has 188 valence electrons. The number of pyridine rings is 1. The second-order valence-corrected chi connectivity index (χ2v) is 10.1. The zero-order chi connectivity index (χ0) is 25.3. The standard InChI is InChI=1S/C27H35N3O4S/c1-7-16-13-29(4)15-21-22(16)25-23(17-10-11-19(33-5)20(12-17)34-6)24(27(31)32)18(28-26(25)35-21)14-30(8-2)9-3/h10-12,16H,7-9,13-15H2,1-6H3,(H,31,32). The molecule has 0 saturated heterocycles. The van der Waals surface area contributed by atoms with Crippen LogP contribution in [0.5, 0.6) is 11.5 Å². The molecule has 1 atom stereocenters. The summed E-state index contributed by atoms with van der Waals surface area (Å²) in [6.45, 7) is 10.3. The smallest absolute Gasteiger partial charge is 0.338 e. The molecule has 1 unspecified atom stereocenters. The number of thiophene rings is 1. The van der Waals surface area contributed by atoms with Crippen molar-refractivity contribution in [3.8, 4) is 22.6 Å². The molecule has 0 radical (unpaired) electrons. The second kappa shape index (κ2) is 10.5. The molecule has 2 aromatic heterocycles. The van der Waals surface area contributed by atoms with E-state index in [1.54, 1.807) is 25.6 Å². The highest BCUT2D eigenvalue weighted by Crippen LogP contribution is 2.47. The highest BCUT2D eigenvalue weighted by Gasteiger charge is 2.32. The molecular weight excluding hydrogens is 462 g/mol. The Balaban J connectivity index is 2.11. The summed E-state index contributed by atoms with van der Waals surface area (Å²) in [5, 5.41) is 11.5. The molecule has 0 amide bonds. The summed E-state index contributed by atoms with van der Waals surface area (Å²) in [6, 6.07) is 5.67. The molecule has 35 heavy (non-hydrogen) atoms. The van der Waals surface area contributed by atoms with Crippen molar-refractivity contribution in [3.63, 3.8) is 0 Å². The van der Waals surface area contributed by atoms with Crippen molar-refractivity contribution < 1.29 is 19.4 Å². The average molecular weight is 498 g/mol. The minimum atomic E-state index is -0.952. The van der Waals surface area contributed by atoms with E-state index in [1.165, 1.54) is 10.4 Å². The lowest BCUT2D eigenvalue weighted by Crippen LogP contribution is -2.29. The van der Waals surface area contributed by atoms with E-state index < -0.39 is 5.97 Å². The fourth-order valence-corrected chi connectivity index (χ4v) is 6.56. The predicted molar refractivity (Wildman–Crippen MR) is 141 cm³/mol. The Hall–Kier alpha value is -2.68. The number of hydrogen-bond acceptors (Lipinski definition) is 7. The first-order chi connectivity index (χ1) is 16.9. The van der Waals surface area contributed by atoms with Crippen LogP contribution >= 0.6 is 11.3 Å². The van der Waals surface area contributed by atoms with Gasteiger partial charge in [0.1, 0.15) is 4.83 Å². The number of fused-ring (bicyclic) bond motifs is 3. The Morgan fingerprint density at radius 1 is 1.20 bits per heavy atom. The Labute approximate surface area is 211 Å². The number of likely N-dealkylation sites (N-methyl/N-ethyl adjacent to an activating group) is 1. The summed E-state index contributed by atoms with van der Waals surface area (Å²) in [5.41, 5.74) is 3.71. The number of carbonyl (C=O) groups is 1. The van der Waals surface area contributed by atoms with Gasteiger partial charge in [0.05, 0.1) is 25.5 Å². The first-order valence-electron chi connectivity index (χ1n) is 12.2. The van der Waals surface area contributed by atoms with E-state index in [4.69, 9.17) is 14.5 Å². The number of hydrogen-bond donors (Lipinski definition) is 1. The highest BCUT2D eigenvalue weighted by atomic mass is 32.1. The normalized spacial score (nSPS) is 16.0. The van der Waals surface area contributed by atoms with E-state index in [0.29, 0.717) is 29.7 Å². The van der Waals surface area contributed by atoms with Gasteiger partial charge in [-0.25, -0.2) is 9.78 Å². The van der Waals surface area contributed by atoms with E-state index >= 15 is 0 Å². The zero-order valence-electron chi connectivity index (χ0n) is 21.5. The Bertz CT molecular complexity index is 1240. The SMILES string of the molecule is CCC1CN(C)Cc2sc3nc(CN(CC)CC)c(C(=O)O)c(-c4ccc(OC)c(OC)c4)c3c21. The van der Waals surface area contributed by atoms with E-state index in [2.05, 4.69) is 37.6 Å². The van der Waals surface area contributed by atoms with Crippen LogP contribution in [-0.2, 0) is 13.1 Å². The van der Waals surface area contributed by atoms with Gasteiger partial charge in [0.2, 0.25) is 0 Å². The molecule has 0 bridgehead atoms. The maximum Gasteiger partial charge on any atom is 0.338 e. The van der Waals surface area contributed by atoms with Crippen LogP contribution in [0.25, 0.3) is 21.3 Å². The van der Waals surface area contributed by atoms with Crippen molar-refractivity contribution in [2.24, 2.45) is 0 Å². The number of carboxylic acids is 1. The van der Waals surface area contributed by atoms with Crippen LogP contribution in [-0.4, -0.2) is 66.8 Å². The highest BCUT2D eigenvalue weighted by molar-refractivity contribution is 7.19. The molecule has 3 aromatic rings. The van der Waals surface area contributed by atoms with Crippen LogP contribution in [0.4, 0.5) is 0 Å². The number of rotatable bonds is 9. The summed E-state index contributed by atoms with van der Waals surface area (Å²) < 4.78 is 11.0. The lowest BCUT2D eigenvalue weighted by Gasteiger charge is -2.30. The Morgan fingerprint density at radius 2 is 1.91 bits per heavy atom. The van der Waals surface area contributed by atoms with Crippen molar-refractivity contribution in [3.05, 3.63) is 39.9 Å². The molecule has 1 aliphatic heterocycles. The van der Waals surface area contributed by atoms with Gasteiger partial charge >= 0.3 is 5.97 Å². The van der Waals surface area contributed by atoms with Crippen LogP contribution in [0.15, 0.2) is 18.2 Å². The monoisotopic (exact) mass is 497 g/mol. The van der Waals surface area contributed by atoms with Crippen LogP contribution in [0.3, 0.4) is 0 Å². The van der Waals surface area contributed by atoms with Gasteiger partial charge in [0, 0.05) is 35.5 Å². The first-order valence-corrected chi connectivity index (χ1v) is 13.0. The molecule has 4 rings (SSSR count). The van der Waals surface area contributed by atoms with Gasteiger partial charge < -0.3 is 19.5 Å². The summed E-state index contributed by atoms with van der Waals surface area (Å²) in [5.74, 6) is 0.565. The third-order valence-corrected chi connectivity index (χ3v) is 8.11. The van der Waals surface area contributed by atoms with Crippen LogP contribution in [0, 0.1) is 0 Å². The molecule has 0 aliphatic carbocycles. The van der Waals surface area contributed by atoms with Gasteiger partial charge in [-0.05, 0) is 55.7 Å². The van der Waals surface area contributed by atoms with E-state index in [1.807, 2.05) is 18.2 Å². The third kappa shape index (κ3) is 4.62. The van der Waals surface area contributed by atoms with Gasteiger partial charge in [-0.3, -0.25) is 4.90 Å². The van der Waals surface area contributed by atoms with Gasteiger partial charge in [-0.15, -0.1) is 11.3 Å². The fraction of sp³-hybridized carbons (Fsp3) is 0.481. The topological polar surface area (TPSA) is 75.1 Å². The maximum absolute atomic E-state index is 12.9. The zero-order valence-corrected chi connectivity index (χ0v) is 22.3. The molecule has 0 fully saturated rings. The Kier molecular flexibility index (Phi) is 7.64. The number of nitrogens with zero attached hydrogens (tertiary/aromatic N) is 3. The average Bonchev–Trinajstić information content (AvgIpc) is 3.22. The molecule has 8 heteroatoms. The number of aromatic carboxylic acids is 1. The van der Waals surface area contributed by atoms with Crippen molar-refractivity contribution in [2.75, 3.05) is 40.9 Å². The maximum atomic E-state index is 12.9. The minimum absolute atomic E-state index is 0.283. The molecular formula is C27H35N3O4S. The summed E-state index contributed by atoms with van der Waals surface area (Å²) >= 11 is 1.71. The molecule has 1 aromatic carbocycles. The van der Waals surface area contributed by atoms with E-state index in [-0.39, 0.29) is 5.56 Å². The van der Waals surface area contributed by atoms with Crippen LogP contribution in [0.1, 0.15) is 59.6 Å². The minimum Gasteiger partial charge on any atom is -0.493 e. The number of methoxy groups -OCH3 is 2. The van der Waals surface area contributed by atoms with Gasteiger partial charge in [-0.2, -0.15) is 0 Å². The second-order valence-electron chi connectivity index (χ2n) is 9.07. The van der Waals surface area contributed by atoms with E-state index in [0.717, 1.165) is 53.9 Å². The lowest BCUT2D eigenvalue weighted by molar-refractivity contribution is 0.0695. The number of benzene rings is 1. The largest absolute Gasteiger partial charge is 0.493 e. The number of carboxylic acid groups (broad SMARTS) is 1. The molecule has 7 nitrogen and oxygen atoms in total. The predicted octanol–water partition coefficient (Wildman–Crippen LogP) is 5.46.